The number of carboxylic acid groups (broad SMARTS) is 1. The molecule has 0 fully saturated rings. The summed E-state index contributed by atoms with van der Waals surface area (Å²) >= 11 is 1.86. The van der Waals surface area contributed by atoms with Crippen LogP contribution in [0.15, 0.2) is 48.7 Å². The largest absolute Gasteiger partial charge is 0.478 e. The lowest BCUT2D eigenvalue weighted by atomic mass is 9.99. The minimum Gasteiger partial charge on any atom is -0.478 e. The van der Waals surface area contributed by atoms with Gasteiger partial charge >= 0.3 is 5.97 Å². The second-order valence-electron chi connectivity index (χ2n) is 6.74. The molecule has 2 aromatic carbocycles. The second-order valence-corrected chi connectivity index (χ2v) is 7.89. The van der Waals surface area contributed by atoms with Gasteiger partial charge in [-0.15, -0.1) is 0 Å². The SMILES string of the molecule is Cc1ccc(Nc2c(C3=CCSCC3)cnc3ccc(F)cc23)c(C(=O)O)c1. The third-order valence-electron chi connectivity index (χ3n) is 4.80. The number of carboxylic acids is 1. The third kappa shape index (κ3) is 3.60. The zero-order valence-electron chi connectivity index (χ0n) is 15.3. The van der Waals surface area contributed by atoms with E-state index in [1.54, 1.807) is 24.4 Å². The van der Waals surface area contributed by atoms with Crippen LogP contribution in [0.2, 0.25) is 0 Å². The van der Waals surface area contributed by atoms with Crippen molar-refractivity contribution in [2.45, 2.75) is 13.3 Å². The molecule has 0 radical (unpaired) electrons. The molecular formula is C22H19FN2O2S. The Morgan fingerprint density at radius 2 is 2.11 bits per heavy atom. The van der Waals surface area contributed by atoms with Crippen molar-refractivity contribution in [1.29, 1.82) is 0 Å². The van der Waals surface area contributed by atoms with E-state index in [2.05, 4.69) is 16.4 Å². The van der Waals surface area contributed by atoms with Gasteiger partial charge in [0.2, 0.25) is 0 Å². The van der Waals surface area contributed by atoms with Gasteiger partial charge in [-0.05, 0) is 55.0 Å². The third-order valence-corrected chi connectivity index (χ3v) is 5.70. The highest BCUT2D eigenvalue weighted by atomic mass is 32.2. The van der Waals surface area contributed by atoms with Crippen LogP contribution in [0.3, 0.4) is 0 Å². The maximum absolute atomic E-state index is 14.0. The number of nitrogens with one attached hydrogen (secondary N) is 1. The molecule has 6 heteroatoms. The van der Waals surface area contributed by atoms with E-state index in [1.165, 1.54) is 12.1 Å². The fourth-order valence-electron chi connectivity index (χ4n) is 3.39. The quantitative estimate of drug-likeness (QED) is 0.599. The number of fused-ring (bicyclic) bond motifs is 1. The molecule has 1 aliphatic rings. The summed E-state index contributed by atoms with van der Waals surface area (Å²) in [5.41, 5.74) is 4.89. The number of thioether (sulfide) groups is 1. The Morgan fingerprint density at radius 1 is 1.25 bits per heavy atom. The number of rotatable bonds is 4. The lowest BCUT2D eigenvalue weighted by Crippen LogP contribution is -2.06. The van der Waals surface area contributed by atoms with Gasteiger partial charge in [-0.2, -0.15) is 11.8 Å². The van der Waals surface area contributed by atoms with Crippen LogP contribution < -0.4 is 5.32 Å². The molecular weight excluding hydrogens is 375 g/mol. The molecule has 4 nitrogen and oxygen atoms in total. The van der Waals surface area contributed by atoms with Gasteiger partial charge in [0.15, 0.2) is 0 Å². The Kier molecular flexibility index (Phi) is 5.05. The number of allylic oxidation sites excluding steroid dienone is 1. The Balaban J connectivity index is 1.92. The molecule has 2 heterocycles. The van der Waals surface area contributed by atoms with Crippen molar-refractivity contribution in [2.24, 2.45) is 0 Å². The summed E-state index contributed by atoms with van der Waals surface area (Å²) in [7, 11) is 0. The molecule has 2 N–H and O–H groups in total. The van der Waals surface area contributed by atoms with Crippen LogP contribution in [0.5, 0.6) is 0 Å². The van der Waals surface area contributed by atoms with Crippen molar-refractivity contribution < 1.29 is 14.3 Å². The number of aromatic nitrogens is 1. The monoisotopic (exact) mass is 394 g/mol. The number of pyridine rings is 1. The van der Waals surface area contributed by atoms with Crippen LogP contribution in [0, 0.1) is 12.7 Å². The first-order valence-corrected chi connectivity index (χ1v) is 10.1. The fourth-order valence-corrected chi connectivity index (χ4v) is 4.24. The normalized spacial score (nSPS) is 14.0. The van der Waals surface area contributed by atoms with Crippen molar-refractivity contribution in [3.63, 3.8) is 0 Å². The number of aromatic carboxylic acids is 1. The van der Waals surface area contributed by atoms with Gasteiger partial charge < -0.3 is 10.4 Å². The number of benzene rings is 2. The topological polar surface area (TPSA) is 62.2 Å². The second kappa shape index (κ2) is 7.64. The minimum absolute atomic E-state index is 0.181. The summed E-state index contributed by atoms with van der Waals surface area (Å²) < 4.78 is 14.0. The van der Waals surface area contributed by atoms with Gasteiger partial charge in [-0.1, -0.05) is 17.7 Å². The molecule has 0 unspecified atom stereocenters. The number of carbonyl (C=O) groups is 1. The molecule has 28 heavy (non-hydrogen) atoms. The van der Waals surface area contributed by atoms with Gasteiger partial charge in [0.05, 0.1) is 22.5 Å². The molecule has 0 saturated heterocycles. The van der Waals surface area contributed by atoms with Crippen molar-refractivity contribution >= 4 is 45.6 Å². The van der Waals surface area contributed by atoms with Gasteiger partial charge in [-0.3, -0.25) is 4.98 Å². The van der Waals surface area contributed by atoms with Crippen molar-refractivity contribution in [2.75, 3.05) is 16.8 Å². The van der Waals surface area contributed by atoms with Gasteiger partial charge in [0.25, 0.3) is 0 Å². The molecule has 1 aromatic heterocycles. The predicted octanol–water partition coefficient (Wildman–Crippen LogP) is 5.64. The molecule has 1 aliphatic heterocycles. The molecule has 4 rings (SSSR count). The van der Waals surface area contributed by atoms with E-state index in [0.717, 1.165) is 34.6 Å². The maximum atomic E-state index is 14.0. The van der Waals surface area contributed by atoms with Crippen LogP contribution in [0.1, 0.15) is 27.9 Å². The van der Waals surface area contributed by atoms with Crippen LogP contribution in [-0.2, 0) is 0 Å². The average molecular weight is 394 g/mol. The number of anilines is 2. The lowest BCUT2D eigenvalue weighted by Gasteiger charge is -2.20. The predicted molar refractivity (Wildman–Crippen MR) is 113 cm³/mol. The highest BCUT2D eigenvalue weighted by Gasteiger charge is 2.18. The standard InChI is InChI=1S/C22H19FN2O2S/c1-13-2-4-20(17(10-13)22(26)27)25-21-16-11-15(23)3-5-19(16)24-12-18(21)14-6-8-28-9-7-14/h2-6,10-12H,7-9H2,1H3,(H,24,25)(H,26,27). The van der Waals surface area contributed by atoms with Gasteiger partial charge in [0.1, 0.15) is 5.82 Å². The summed E-state index contributed by atoms with van der Waals surface area (Å²) in [6, 6.07) is 9.70. The van der Waals surface area contributed by atoms with E-state index in [9.17, 15) is 14.3 Å². The van der Waals surface area contributed by atoms with E-state index in [1.807, 2.05) is 24.8 Å². The van der Waals surface area contributed by atoms with E-state index >= 15 is 0 Å². The van der Waals surface area contributed by atoms with Crippen molar-refractivity contribution in [1.82, 2.24) is 4.98 Å². The fraction of sp³-hybridized carbons (Fsp3) is 0.182. The molecule has 3 aromatic rings. The van der Waals surface area contributed by atoms with Crippen molar-refractivity contribution in [3.05, 3.63) is 71.2 Å². The molecule has 142 valence electrons. The van der Waals surface area contributed by atoms with Crippen LogP contribution in [0.25, 0.3) is 16.5 Å². The highest BCUT2D eigenvalue weighted by molar-refractivity contribution is 7.99. The maximum Gasteiger partial charge on any atom is 0.337 e. The minimum atomic E-state index is -1.01. The summed E-state index contributed by atoms with van der Waals surface area (Å²) in [5, 5.41) is 13.5. The number of hydrogen-bond acceptors (Lipinski definition) is 4. The zero-order chi connectivity index (χ0) is 19.7. The molecule has 0 bridgehead atoms. The average Bonchev–Trinajstić information content (AvgIpc) is 2.70. The smallest absolute Gasteiger partial charge is 0.337 e. The Morgan fingerprint density at radius 3 is 2.86 bits per heavy atom. The number of halogens is 1. The van der Waals surface area contributed by atoms with E-state index < -0.39 is 5.97 Å². The van der Waals surface area contributed by atoms with Gasteiger partial charge in [0, 0.05) is 22.9 Å². The summed E-state index contributed by atoms with van der Waals surface area (Å²) in [6.07, 6.45) is 4.84. The molecule has 0 aliphatic carbocycles. The van der Waals surface area contributed by atoms with Crippen molar-refractivity contribution in [3.8, 4) is 0 Å². The summed E-state index contributed by atoms with van der Waals surface area (Å²) in [6.45, 7) is 1.85. The first kappa shape index (κ1) is 18.5. The van der Waals surface area contributed by atoms with Crippen LogP contribution >= 0.6 is 11.8 Å². The number of aryl methyl sites for hydroxylation is 1. The highest BCUT2D eigenvalue weighted by Crippen LogP contribution is 2.37. The molecule has 0 atom stereocenters. The van der Waals surface area contributed by atoms with E-state index in [4.69, 9.17) is 0 Å². The Bertz CT molecular complexity index is 1110. The molecule has 0 spiro atoms. The Labute approximate surface area is 166 Å². The zero-order valence-corrected chi connectivity index (χ0v) is 16.1. The van der Waals surface area contributed by atoms with Gasteiger partial charge in [-0.25, -0.2) is 9.18 Å². The van der Waals surface area contributed by atoms with Crippen LogP contribution in [-0.4, -0.2) is 27.6 Å². The van der Waals surface area contributed by atoms with E-state index in [0.29, 0.717) is 22.3 Å². The number of hydrogen-bond donors (Lipinski definition) is 2. The van der Waals surface area contributed by atoms with Crippen LogP contribution in [0.4, 0.5) is 15.8 Å². The first-order chi connectivity index (χ1) is 13.5. The lowest BCUT2D eigenvalue weighted by molar-refractivity contribution is 0.0698. The first-order valence-electron chi connectivity index (χ1n) is 8.99. The molecule has 0 amide bonds. The summed E-state index contributed by atoms with van der Waals surface area (Å²) in [4.78, 5) is 16.2. The van der Waals surface area contributed by atoms with E-state index in [-0.39, 0.29) is 11.4 Å². The Hall–Kier alpha value is -2.86. The molecule has 0 saturated carbocycles. The summed E-state index contributed by atoms with van der Waals surface area (Å²) in [5.74, 6) is 0.564. The number of nitrogens with zero attached hydrogens (tertiary/aromatic N) is 1.